The van der Waals surface area contributed by atoms with Crippen LogP contribution in [0.15, 0.2) is 83.3 Å². The number of rotatable bonds is 12. The summed E-state index contributed by atoms with van der Waals surface area (Å²) in [4.78, 5) is 12.6. The number of hydrogen-bond donors (Lipinski definition) is 1. The van der Waals surface area contributed by atoms with Crippen molar-refractivity contribution in [3.8, 4) is 23.0 Å². The highest BCUT2D eigenvalue weighted by Gasteiger charge is 2.19. The molecule has 3 aromatic rings. The lowest BCUT2D eigenvalue weighted by molar-refractivity contribution is 0.0954. The van der Waals surface area contributed by atoms with Crippen molar-refractivity contribution in [2.45, 2.75) is 18.7 Å². The highest BCUT2D eigenvalue weighted by atomic mass is 32.2. The Kier molecular flexibility index (Phi) is 9.28. The fourth-order valence-corrected chi connectivity index (χ4v) is 4.06. The van der Waals surface area contributed by atoms with E-state index in [0.717, 1.165) is 5.56 Å². The van der Waals surface area contributed by atoms with Crippen molar-refractivity contribution in [2.24, 2.45) is 5.10 Å². The monoisotopic (exact) mass is 524 g/mol. The number of hydrogen-bond acceptors (Lipinski definition) is 8. The van der Waals surface area contributed by atoms with Gasteiger partial charge < -0.3 is 18.4 Å². The van der Waals surface area contributed by atoms with E-state index in [2.05, 4.69) is 17.1 Å². The second-order valence-electron chi connectivity index (χ2n) is 7.65. The number of carbonyl (C=O) groups is 1. The second kappa shape index (κ2) is 12.6. The van der Waals surface area contributed by atoms with E-state index in [4.69, 9.17) is 18.4 Å². The van der Waals surface area contributed by atoms with Crippen LogP contribution in [0.5, 0.6) is 23.0 Å². The number of hydrazone groups is 1. The maximum Gasteiger partial charge on any atom is 0.339 e. The molecule has 0 aliphatic rings. The molecule has 37 heavy (non-hydrogen) atoms. The molecular weight excluding hydrogens is 496 g/mol. The molecule has 9 nitrogen and oxygen atoms in total. The Bertz CT molecular complexity index is 1380. The number of nitrogens with one attached hydrogen (secondary N) is 1. The van der Waals surface area contributed by atoms with Crippen molar-refractivity contribution >= 4 is 22.2 Å². The molecule has 0 atom stereocenters. The Hall–Kier alpha value is -4.31. The van der Waals surface area contributed by atoms with Crippen molar-refractivity contribution in [3.05, 3.63) is 90.0 Å². The van der Waals surface area contributed by atoms with Crippen LogP contribution in [0, 0.1) is 6.92 Å². The lowest BCUT2D eigenvalue weighted by Crippen LogP contribution is -2.17. The molecule has 0 aromatic heterocycles. The molecule has 10 heteroatoms. The van der Waals surface area contributed by atoms with Gasteiger partial charge in [-0.05, 0) is 67.9 Å². The summed E-state index contributed by atoms with van der Waals surface area (Å²) in [6, 6.07) is 15.7. The van der Waals surface area contributed by atoms with Gasteiger partial charge in [0.25, 0.3) is 5.91 Å². The smallest absolute Gasteiger partial charge is 0.339 e. The first kappa shape index (κ1) is 27.3. The number of nitrogens with zero attached hydrogens (tertiary/aromatic N) is 1. The summed E-state index contributed by atoms with van der Waals surface area (Å²) in [5.74, 6) is 0.681. The van der Waals surface area contributed by atoms with Gasteiger partial charge in [-0.3, -0.25) is 4.79 Å². The predicted octanol–water partition coefficient (Wildman–Crippen LogP) is 4.50. The molecule has 194 valence electrons. The Labute approximate surface area is 216 Å². The first-order valence-corrected chi connectivity index (χ1v) is 12.7. The van der Waals surface area contributed by atoms with Crippen molar-refractivity contribution in [1.82, 2.24) is 5.43 Å². The summed E-state index contributed by atoms with van der Waals surface area (Å²) in [7, 11) is -2.65. The lowest BCUT2D eigenvalue weighted by atomic mass is 10.2. The Morgan fingerprint density at radius 2 is 1.70 bits per heavy atom. The van der Waals surface area contributed by atoms with Gasteiger partial charge in [0.15, 0.2) is 23.0 Å². The number of amides is 1. The summed E-state index contributed by atoms with van der Waals surface area (Å²) < 4.78 is 46.9. The average molecular weight is 525 g/mol. The predicted molar refractivity (Wildman–Crippen MR) is 140 cm³/mol. The quantitative estimate of drug-likeness (QED) is 0.161. The van der Waals surface area contributed by atoms with Crippen LogP contribution in [0.3, 0.4) is 0 Å². The zero-order valence-corrected chi connectivity index (χ0v) is 21.6. The SMILES string of the molecule is C=CCOc1ccc(C(=O)N/N=C/c2ccc(OS(=O)(=O)c3ccc(C)cc3)c(OC)c2)cc1OCC. The highest BCUT2D eigenvalue weighted by Crippen LogP contribution is 2.31. The molecule has 0 unspecified atom stereocenters. The van der Waals surface area contributed by atoms with E-state index in [-0.39, 0.29) is 16.4 Å². The zero-order chi connectivity index (χ0) is 26.8. The van der Waals surface area contributed by atoms with Crippen molar-refractivity contribution < 1.29 is 31.6 Å². The van der Waals surface area contributed by atoms with Gasteiger partial charge in [0.2, 0.25) is 0 Å². The van der Waals surface area contributed by atoms with Gasteiger partial charge in [0.1, 0.15) is 11.5 Å². The van der Waals surface area contributed by atoms with Gasteiger partial charge in [0, 0.05) is 5.56 Å². The van der Waals surface area contributed by atoms with E-state index in [0.29, 0.717) is 35.8 Å². The van der Waals surface area contributed by atoms with Crippen LogP contribution in [-0.4, -0.2) is 40.9 Å². The van der Waals surface area contributed by atoms with Crippen LogP contribution < -0.4 is 23.8 Å². The third-order valence-corrected chi connectivity index (χ3v) is 6.19. The van der Waals surface area contributed by atoms with Gasteiger partial charge in [-0.2, -0.15) is 13.5 Å². The molecule has 0 saturated heterocycles. The Morgan fingerprint density at radius 3 is 2.38 bits per heavy atom. The van der Waals surface area contributed by atoms with Crippen LogP contribution >= 0.6 is 0 Å². The molecule has 0 radical (unpaired) electrons. The Morgan fingerprint density at radius 1 is 0.973 bits per heavy atom. The molecule has 0 spiro atoms. The molecule has 3 rings (SSSR count). The summed E-state index contributed by atoms with van der Waals surface area (Å²) >= 11 is 0. The van der Waals surface area contributed by atoms with Crippen molar-refractivity contribution in [3.63, 3.8) is 0 Å². The number of aryl methyl sites for hydroxylation is 1. The summed E-state index contributed by atoms with van der Waals surface area (Å²) in [5, 5.41) is 3.98. The average Bonchev–Trinajstić information content (AvgIpc) is 2.88. The number of benzene rings is 3. The van der Waals surface area contributed by atoms with Crippen LogP contribution in [0.25, 0.3) is 0 Å². The molecule has 0 heterocycles. The minimum Gasteiger partial charge on any atom is -0.493 e. The topological polar surface area (TPSA) is 113 Å². The number of carbonyl (C=O) groups excluding carboxylic acids is 1. The van der Waals surface area contributed by atoms with Gasteiger partial charge in [-0.15, -0.1) is 0 Å². The van der Waals surface area contributed by atoms with E-state index in [1.54, 1.807) is 42.5 Å². The molecule has 0 bridgehead atoms. The maximum atomic E-state index is 12.6. The summed E-state index contributed by atoms with van der Waals surface area (Å²) in [6.45, 7) is 8.01. The zero-order valence-electron chi connectivity index (χ0n) is 20.8. The third-order valence-electron chi connectivity index (χ3n) is 4.94. The molecular formula is C27H28N2O7S. The summed E-state index contributed by atoms with van der Waals surface area (Å²) in [5.41, 5.74) is 4.24. The molecule has 0 saturated carbocycles. The summed E-state index contributed by atoms with van der Waals surface area (Å²) in [6.07, 6.45) is 3.01. The van der Waals surface area contributed by atoms with E-state index >= 15 is 0 Å². The first-order valence-electron chi connectivity index (χ1n) is 11.3. The standard InChI is InChI=1S/C27H28N2O7S/c1-5-15-35-23-14-10-21(17-26(23)34-6-2)27(30)29-28-18-20-9-13-24(25(16-20)33-4)36-37(31,32)22-11-7-19(3)8-12-22/h5,7-14,16-18H,1,6,15H2,2-4H3,(H,29,30)/b28-18+. The molecule has 3 aromatic carbocycles. The van der Waals surface area contributed by atoms with Gasteiger partial charge in [0.05, 0.1) is 19.9 Å². The molecule has 0 aliphatic carbocycles. The second-order valence-corrected chi connectivity index (χ2v) is 9.20. The Balaban J connectivity index is 1.70. The lowest BCUT2D eigenvalue weighted by Gasteiger charge is -2.12. The van der Waals surface area contributed by atoms with Crippen molar-refractivity contribution in [1.29, 1.82) is 0 Å². The van der Waals surface area contributed by atoms with E-state index in [1.165, 1.54) is 37.6 Å². The van der Waals surface area contributed by atoms with Gasteiger partial charge in [-0.25, -0.2) is 5.43 Å². The van der Waals surface area contributed by atoms with Crippen LogP contribution in [0.1, 0.15) is 28.4 Å². The van der Waals surface area contributed by atoms with Crippen LogP contribution in [-0.2, 0) is 10.1 Å². The fraction of sp³-hybridized carbons (Fsp3) is 0.185. The first-order chi connectivity index (χ1) is 17.8. The van der Waals surface area contributed by atoms with Crippen LogP contribution in [0.2, 0.25) is 0 Å². The third kappa shape index (κ3) is 7.34. The maximum absolute atomic E-state index is 12.6. The normalized spacial score (nSPS) is 11.1. The number of methoxy groups -OCH3 is 1. The highest BCUT2D eigenvalue weighted by molar-refractivity contribution is 7.87. The van der Waals surface area contributed by atoms with Gasteiger partial charge in [-0.1, -0.05) is 30.4 Å². The van der Waals surface area contributed by atoms with E-state index in [1.807, 2.05) is 13.8 Å². The largest absolute Gasteiger partial charge is 0.493 e. The minimum absolute atomic E-state index is 0.0199. The van der Waals surface area contributed by atoms with E-state index < -0.39 is 16.0 Å². The molecule has 1 amide bonds. The number of ether oxygens (including phenoxy) is 3. The van der Waals surface area contributed by atoms with E-state index in [9.17, 15) is 13.2 Å². The minimum atomic E-state index is -4.05. The van der Waals surface area contributed by atoms with Crippen molar-refractivity contribution in [2.75, 3.05) is 20.3 Å². The fourth-order valence-electron chi connectivity index (χ4n) is 3.12. The van der Waals surface area contributed by atoms with Crippen LogP contribution in [0.4, 0.5) is 0 Å². The molecule has 0 aliphatic heterocycles. The van der Waals surface area contributed by atoms with Gasteiger partial charge >= 0.3 is 10.1 Å². The molecule has 0 fully saturated rings. The molecule has 1 N–H and O–H groups in total.